The van der Waals surface area contributed by atoms with Crippen LogP contribution in [0.15, 0.2) is 39.4 Å². The first-order valence-electron chi connectivity index (χ1n) is 4.85. The molecule has 0 aliphatic rings. The van der Waals surface area contributed by atoms with Crippen LogP contribution in [0, 0.1) is 0 Å². The van der Waals surface area contributed by atoms with Crippen molar-refractivity contribution < 1.29 is 4.42 Å². The summed E-state index contributed by atoms with van der Waals surface area (Å²) in [7, 11) is 0. The van der Waals surface area contributed by atoms with Gasteiger partial charge in [-0.15, -0.1) is 0 Å². The van der Waals surface area contributed by atoms with Gasteiger partial charge in [0, 0.05) is 0 Å². The molecule has 2 N–H and O–H groups in total. The Morgan fingerprint density at radius 2 is 2.12 bits per heavy atom. The Morgan fingerprint density at radius 3 is 2.82 bits per heavy atom. The number of fused-ring (bicyclic) bond motifs is 1. The molecule has 3 heterocycles. The lowest BCUT2D eigenvalue weighted by atomic mass is 10.4. The number of imidazole rings is 1. The van der Waals surface area contributed by atoms with Crippen LogP contribution >= 0.6 is 27.5 Å². The Labute approximate surface area is 110 Å². The first-order valence-corrected chi connectivity index (χ1v) is 6.02. The third kappa shape index (κ3) is 1.62. The Balaban J connectivity index is 2.37. The molecule has 3 aromatic rings. The number of nitrogen functional groups attached to an aromatic ring is 1. The summed E-state index contributed by atoms with van der Waals surface area (Å²) >= 11 is 9.16. The highest BCUT2D eigenvalue weighted by Crippen LogP contribution is 2.30. The van der Waals surface area contributed by atoms with Crippen molar-refractivity contribution in [3.63, 3.8) is 0 Å². The standard InChI is InChI=1S/C11H7BrClN3O/c12-10-6-2-1-3-9(14)16(6)11(15-10)7-4-5-8(13)17-7/h1-5H,14H2. The molecule has 86 valence electrons. The van der Waals surface area contributed by atoms with Gasteiger partial charge in [0.1, 0.15) is 10.4 Å². The number of pyridine rings is 1. The summed E-state index contributed by atoms with van der Waals surface area (Å²) in [4.78, 5) is 4.38. The topological polar surface area (TPSA) is 56.5 Å². The molecule has 0 saturated heterocycles. The van der Waals surface area contributed by atoms with Crippen molar-refractivity contribution in [1.82, 2.24) is 9.38 Å². The van der Waals surface area contributed by atoms with E-state index in [1.54, 1.807) is 22.6 Å². The summed E-state index contributed by atoms with van der Waals surface area (Å²) in [6.45, 7) is 0. The highest BCUT2D eigenvalue weighted by Gasteiger charge is 2.15. The zero-order valence-electron chi connectivity index (χ0n) is 8.52. The number of hydrogen-bond donors (Lipinski definition) is 1. The molecule has 6 heteroatoms. The first-order chi connectivity index (χ1) is 8.16. The number of aromatic nitrogens is 2. The van der Waals surface area contributed by atoms with E-state index in [1.165, 1.54) is 0 Å². The second kappa shape index (κ2) is 3.78. The van der Waals surface area contributed by atoms with Gasteiger partial charge in [0.2, 0.25) is 0 Å². The molecular formula is C11H7BrClN3O. The highest BCUT2D eigenvalue weighted by molar-refractivity contribution is 9.10. The van der Waals surface area contributed by atoms with Gasteiger partial charge < -0.3 is 10.2 Å². The second-order valence-corrected chi connectivity index (χ2v) is 4.62. The molecule has 0 saturated carbocycles. The van der Waals surface area contributed by atoms with E-state index in [-0.39, 0.29) is 0 Å². The molecule has 0 radical (unpaired) electrons. The number of hydrogen-bond acceptors (Lipinski definition) is 3. The molecule has 0 amide bonds. The van der Waals surface area contributed by atoms with E-state index in [0.717, 1.165) is 5.52 Å². The van der Waals surface area contributed by atoms with Gasteiger partial charge in [0.05, 0.1) is 5.52 Å². The monoisotopic (exact) mass is 311 g/mol. The number of anilines is 1. The molecule has 0 fully saturated rings. The van der Waals surface area contributed by atoms with Crippen molar-refractivity contribution >= 4 is 38.9 Å². The van der Waals surface area contributed by atoms with Crippen LogP contribution in [0.4, 0.5) is 5.82 Å². The second-order valence-electron chi connectivity index (χ2n) is 3.50. The van der Waals surface area contributed by atoms with E-state index >= 15 is 0 Å². The molecule has 0 aliphatic heterocycles. The number of nitrogens with zero attached hydrogens (tertiary/aromatic N) is 2. The van der Waals surface area contributed by atoms with Crippen molar-refractivity contribution in [3.8, 4) is 11.6 Å². The number of halogens is 2. The van der Waals surface area contributed by atoms with E-state index in [9.17, 15) is 0 Å². The van der Waals surface area contributed by atoms with Crippen LogP contribution < -0.4 is 5.73 Å². The van der Waals surface area contributed by atoms with E-state index in [4.69, 9.17) is 21.8 Å². The smallest absolute Gasteiger partial charge is 0.194 e. The van der Waals surface area contributed by atoms with E-state index < -0.39 is 0 Å². The fourth-order valence-electron chi connectivity index (χ4n) is 1.72. The predicted molar refractivity (Wildman–Crippen MR) is 70.0 cm³/mol. The minimum absolute atomic E-state index is 0.322. The van der Waals surface area contributed by atoms with E-state index in [2.05, 4.69) is 20.9 Å². The molecule has 3 aromatic heterocycles. The fraction of sp³-hybridized carbons (Fsp3) is 0. The van der Waals surface area contributed by atoms with Crippen LogP contribution in [0.2, 0.25) is 5.22 Å². The van der Waals surface area contributed by atoms with E-state index in [0.29, 0.717) is 27.2 Å². The molecule has 0 spiro atoms. The lowest BCUT2D eigenvalue weighted by molar-refractivity contribution is 0.579. The molecule has 0 bridgehead atoms. The van der Waals surface area contributed by atoms with Gasteiger partial charge in [0.15, 0.2) is 16.8 Å². The highest BCUT2D eigenvalue weighted by atomic mass is 79.9. The average Bonchev–Trinajstić information content (AvgIpc) is 2.85. The van der Waals surface area contributed by atoms with Crippen LogP contribution in [0.5, 0.6) is 0 Å². The summed E-state index contributed by atoms with van der Waals surface area (Å²) in [6.07, 6.45) is 0. The molecule has 4 nitrogen and oxygen atoms in total. The fourth-order valence-corrected chi connectivity index (χ4v) is 2.35. The van der Waals surface area contributed by atoms with Crippen LogP contribution in [0.1, 0.15) is 0 Å². The Hall–Kier alpha value is -1.46. The summed E-state index contributed by atoms with van der Waals surface area (Å²) < 4.78 is 7.87. The molecule has 3 rings (SSSR count). The summed E-state index contributed by atoms with van der Waals surface area (Å²) in [5, 5.41) is 0.322. The van der Waals surface area contributed by atoms with E-state index in [1.807, 2.05) is 12.1 Å². The van der Waals surface area contributed by atoms with Crippen LogP contribution in [-0.2, 0) is 0 Å². The van der Waals surface area contributed by atoms with Gasteiger partial charge in [-0.2, -0.15) is 0 Å². The van der Waals surface area contributed by atoms with Gasteiger partial charge in [-0.25, -0.2) is 4.98 Å². The first kappa shape index (κ1) is 10.7. The molecule has 17 heavy (non-hydrogen) atoms. The largest absolute Gasteiger partial charge is 0.441 e. The van der Waals surface area contributed by atoms with Crippen molar-refractivity contribution in [3.05, 3.63) is 40.2 Å². The minimum Gasteiger partial charge on any atom is -0.441 e. The van der Waals surface area contributed by atoms with Gasteiger partial charge >= 0.3 is 0 Å². The van der Waals surface area contributed by atoms with Gasteiger partial charge in [-0.3, -0.25) is 4.40 Å². The van der Waals surface area contributed by atoms with Gasteiger partial charge in [-0.05, 0) is 51.8 Å². The third-order valence-corrected chi connectivity index (χ3v) is 3.23. The number of furan rings is 1. The zero-order chi connectivity index (χ0) is 12.0. The third-order valence-electron chi connectivity index (χ3n) is 2.44. The van der Waals surface area contributed by atoms with Crippen molar-refractivity contribution in [1.29, 1.82) is 0 Å². The maximum absolute atomic E-state index is 5.94. The summed E-state index contributed by atoms with van der Waals surface area (Å²) in [5.74, 6) is 1.79. The molecule has 0 unspecified atom stereocenters. The summed E-state index contributed by atoms with van der Waals surface area (Å²) in [5.41, 5.74) is 6.82. The van der Waals surface area contributed by atoms with Crippen molar-refractivity contribution in [2.24, 2.45) is 0 Å². The van der Waals surface area contributed by atoms with Crippen LogP contribution in [0.25, 0.3) is 17.1 Å². The van der Waals surface area contributed by atoms with Crippen LogP contribution in [0.3, 0.4) is 0 Å². The Morgan fingerprint density at radius 1 is 1.29 bits per heavy atom. The summed E-state index contributed by atoms with van der Waals surface area (Å²) in [6, 6.07) is 9.02. The van der Waals surface area contributed by atoms with Crippen molar-refractivity contribution in [2.75, 3.05) is 5.73 Å². The molecule has 0 aromatic carbocycles. The SMILES string of the molecule is Nc1cccc2c(Br)nc(-c3ccc(Cl)o3)n12. The lowest BCUT2D eigenvalue weighted by Crippen LogP contribution is -1.97. The number of rotatable bonds is 1. The predicted octanol–water partition coefficient (Wildman–Crippen LogP) is 3.59. The minimum atomic E-state index is 0.322. The average molecular weight is 313 g/mol. The quantitative estimate of drug-likeness (QED) is 0.747. The molecule has 0 aliphatic carbocycles. The van der Waals surface area contributed by atoms with Crippen LogP contribution in [-0.4, -0.2) is 9.38 Å². The van der Waals surface area contributed by atoms with Gasteiger partial charge in [-0.1, -0.05) is 6.07 Å². The molecule has 0 atom stereocenters. The maximum atomic E-state index is 5.94. The Bertz CT molecular complexity index is 704. The van der Waals surface area contributed by atoms with Crippen molar-refractivity contribution in [2.45, 2.75) is 0 Å². The normalized spacial score (nSPS) is 11.2. The zero-order valence-corrected chi connectivity index (χ0v) is 10.9. The lowest BCUT2D eigenvalue weighted by Gasteiger charge is -2.01. The number of nitrogens with two attached hydrogens (primary N) is 1. The van der Waals surface area contributed by atoms with Gasteiger partial charge in [0.25, 0.3) is 0 Å². The maximum Gasteiger partial charge on any atom is 0.194 e. The Kier molecular flexibility index (Phi) is 2.38. The molecular weight excluding hydrogens is 305 g/mol.